The Morgan fingerprint density at radius 2 is 2.33 bits per heavy atom. The summed E-state index contributed by atoms with van der Waals surface area (Å²) in [7, 11) is 0. The zero-order chi connectivity index (χ0) is 8.43. The average molecular weight is 192 g/mol. The molecular weight excluding hydrogens is 182 g/mol. The summed E-state index contributed by atoms with van der Waals surface area (Å²) in [6.45, 7) is 1.66. The fraction of sp³-hybridized carbons (Fsp3) is 0.333. The van der Waals surface area contributed by atoms with E-state index in [1.807, 2.05) is 0 Å². The van der Waals surface area contributed by atoms with Gasteiger partial charge in [-0.3, -0.25) is 9.36 Å². The zero-order valence-corrected chi connectivity index (χ0v) is 7.35. The Labute approximate surface area is 75.0 Å². The number of primary amides is 1. The predicted molar refractivity (Wildman–Crippen MR) is 46.2 cm³/mol. The number of hydrogen-bond donors (Lipinski definition) is 2. The highest BCUT2D eigenvalue weighted by molar-refractivity contribution is 5.85. The second-order valence-corrected chi connectivity index (χ2v) is 2.29. The molecule has 1 heterocycles. The van der Waals surface area contributed by atoms with Gasteiger partial charge in [-0.1, -0.05) is 0 Å². The smallest absolute Gasteiger partial charge is 0.326 e. The second kappa shape index (κ2) is 3.96. The molecule has 0 aliphatic carbocycles. The number of nitrogens with one attached hydrogen (secondary N) is 1. The largest absolute Gasteiger partial charge is 0.368 e. The first-order valence-electron chi connectivity index (χ1n) is 3.14. The van der Waals surface area contributed by atoms with Gasteiger partial charge in [0.2, 0.25) is 5.91 Å². The molecule has 5 nitrogen and oxygen atoms in total. The molecule has 0 radical (unpaired) electrons. The standard InChI is InChI=1S/C6H9N3O2.ClH/c1-4-2-8-6(11)9(4)3-5(7)10;/h2H,3H2,1H3,(H2,7,10)(H,8,11);1H. The monoisotopic (exact) mass is 191 g/mol. The first-order chi connectivity index (χ1) is 5.11. The molecule has 0 saturated carbocycles. The molecule has 0 atom stereocenters. The summed E-state index contributed by atoms with van der Waals surface area (Å²) < 4.78 is 1.28. The number of carbonyl (C=O) groups is 1. The van der Waals surface area contributed by atoms with Crippen LogP contribution < -0.4 is 11.4 Å². The number of nitrogens with zero attached hydrogens (tertiary/aromatic N) is 1. The van der Waals surface area contributed by atoms with Crippen LogP contribution in [0.25, 0.3) is 0 Å². The van der Waals surface area contributed by atoms with E-state index in [-0.39, 0.29) is 24.6 Å². The molecule has 12 heavy (non-hydrogen) atoms. The van der Waals surface area contributed by atoms with Crippen LogP contribution in [0.1, 0.15) is 5.69 Å². The van der Waals surface area contributed by atoms with E-state index < -0.39 is 5.91 Å². The van der Waals surface area contributed by atoms with Gasteiger partial charge in [-0.25, -0.2) is 4.79 Å². The van der Waals surface area contributed by atoms with Gasteiger partial charge in [0.15, 0.2) is 0 Å². The van der Waals surface area contributed by atoms with Crippen LogP contribution in [0.2, 0.25) is 0 Å². The van der Waals surface area contributed by atoms with E-state index >= 15 is 0 Å². The highest BCUT2D eigenvalue weighted by Gasteiger charge is 2.03. The maximum atomic E-state index is 10.9. The molecule has 0 unspecified atom stereocenters. The van der Waals surface area contributed by atoms with Crippen LogP contribution in [-0.4, -0.2) is 15.5 Å². The molecular formula is C6H10ClN3O2. The molecule has 0 aliphatic heterocycles. The molecule has 3 N–H and O–H groups in total. The van der Waals surface area contributed by atoms with Crippen LogP contribution in [0.15, 0.2) is 11.0 Å². The van der Waals surface area contributed by atoms with Gasteiger partial charge in [-0.05, 0) is 6.92 Å². The summed E-state index contributed by atoms with van der Waals surface area (Å²) >= 11 is 0. The fourth-order valence-electron chi connectivity index (χ4n) is 0.835. The van der Waals surface area contributed by atoms with Crippen molar-refractivity contribution in [3.05, 3.63) is 22.4 Å². The Balaban J connectivity index is 0.00000121. The predicted octanol–water partition coefficient (Wildman–Crippen LogP) is -0.608. The fourth-order valence-corrected chi connectivity index (χ4v) is 0.835. The van der Waals surface area contributed by atoms with Crippen LogP contribution >= 0.6 is 12.4 Å². The Morgan fingerprint density at radius 1 is 1.75 bits per heavy atom. The number of aromatic nitrogens is 2. The number of H-pyrrole nitrogens is 1. The number of amides is 1. The highest BCUT2D eigenvalue weighted by Crippen LogP contribution is 1.89. The van der Waals surface area contributed by atoms with Crippen molar-refractivity contribution in [1.82, 2.24) is 9.55 Å². The summed E-state index contributed by atoms with van der Waals surface area (Å²) in [5, 5.41) is 0. The third kappa shape index (κ3) is 2.13. The number of hydrogen-bond acceptors (Lipinski definition) is 2. The third-order valence-corrected chi connectivity index (χ3v) is 1.39. The lowest BCUT2D eigenvalue weighted by Crippen LogP contribution is -2.26. The minimum Gasteiger partial charge on any atom is -0.368 e. The van der Waals surface area contributed by atoms with E-state index in [0.29, 0.717) is 5.69 Å². The van der Waals surface area contributed by atoms with Crippen LogP contribution in [0.3, 0.4) is 0 Å². The van der Waals surface area contributed by atoms with Gasteiger partial charge in [0.05, 0.1) is 0 Å². The molecule has 1 rings (SSSR count). The summed E-state index contributed by atoms with van der Waals surface area (Å²) in [5.74, 6) is -0.519. The minimum atomic E-state index is -0.519. The maximum Gasteiger partial charge on any atom is 0.326 e. The molecule has 1 amide bonds. The summed E-state index contributed by atoms with van der Waals surface area (Å²) in [5.41, 5.74) is 5.31. The molecule has 0 aromatic carbocycles. The topological polar surface area (TPSA) is 80.9 Å². The molecule has 6 heteroatoms. The van der Waals surface area contributed by atoms with E-state index in [1.165, 1.54) is 10.8 Å². The first kappa shape index (κ1) is 10.8. The molecule has 1 aromatic heterocycles. The third-order valence-electron chi connectivity index (χ3n) is 1.39. The van der Waals surface area contributed by atoms with E-state index in [2.05, 4.69) is 4.98 Å². The van der Waals surface area contributed by atoms with E-state index in [4.69, 9.17) is 5.73 Å². The Bertz CT molecular complexity index is 328. The van der Waals surface area contributed by atoms with Gasteiger partial charge in [-0.15, -0.1) is 12.4 Å². The second-order valence-electron chi connectivity index (χ2n) is 2.29. The summed E-state index contributed by atoms with van der Waals surface area (Å²) in [4.78, 5) is 23.7. The van der Waals surface area contributed by atoms with Crippen molar-refractivity contribution in [3.63, 3.8) is 0 Å². The van der Waals surface area contributed by atoms with E-state index in [0.717, 1.165) is 0 Å². The molecule has 0 fully saturated rings. The lowest BCUT2D eigenvalue weighted by Gasteiger charge is -1.97. The van der Waals surface area contributed by atoms with Gasteiger partial charge in [0, 0.05) is 11.9 Å². The normalized spacial score (nSPS) is 9.08. The van der Waals surface area contributed by atoms with Crippen molar-refractivity contribution in [3.8, 4) is 0 Å². The van der Waals surface area contributed by atoms with Crippen molar-refractivity contribution in [2.24, 2.45) is 5.73 Å². The Kier molecular flexibility index (Phi) is 3.56. The number of aromatic amines is 1. The Hall–Kier alpha value is -1.23. The average Bonchev–Trinajstić information content (AvgIpc) is 2.18. The molecule has 1 aromatic rings. The number of nitrogens with two attached hydrogens (primary N) is 1. The minimum absolute atomic E-state index is 0. The number of halogens is 1. The van der Waals surface area contributed by atoms with Crippen molar-refractivity contribution in [1.29, 1.82) is 0 Å². The van der Waals surface area contributed by atoms with Crippen molar-refractivity contribution in [2.75, 3.05) is 0 Å². The molecule has 0 saturated heterocycles. The lowest BCUT2D eigenvalue weighted by atomic mass is 10.5. The van der Waals surface area contributed by atoms with E-state index in [9.17, 15) is 9.59 Å². The number of imidazole rings is 1. The number of rotatable bonds is 2. The molecule has 0 bridgehead atoms. The maximum absolute atomic E-state index is 10.9. The molecule has 0 spiro atoms. The zero-order valence-electron chi connectivity index (χ0n) is 6.53. The Morgan fingerprint density at radius 3 is 2.67 bits per heavy atom. The summed E-state index contributed by atoms with van der Waals surface area (Å²) in [6.07, 6.45) is 1.53. The quantitative estimate of drug-likeness (QED) is 0.654. The SMILES string of the molecule is Cc1c[nH]c(=O)n1CC(N)=O.Cl. The van der Waals surface area contributed by atoms with Crippen LogP contribution in [-0.2, 0) is 11.3 Å². The highest BCUT2D eigenvalue weighted by atomic mass is 35.5. The van der Waals surface area contributed by atoms with E-state index in [1.54, 1.807) is 6.92 Å². The van der Waals surface area contributed by atoms with Crippen molar-refractivity contribution >= 4 is 18.3 Å². The van der Waals surface area contributed by atoms with Gasteiger partial charge in [-0.2, -0.15) is 0 Å². The number of aryl methyl sites for hydroxylation is 1. The summed E-state index contributed by atoms with van der Waals surface area (Å²) in [6, 6.07) is 0. The van der Waals surface area contributed by atoms with Gasteiger partial charge < -0.3 is 10.7 Å². The van der Waals surface area contributed by atoms with Crippen LogP contribution in [0, 0.1) is 6.92 Å². The lowest BCUT2D eigenvalue weighted by molar-refractivity contribution is -0.118. The number of carbonyl (C=O) groups excluding carboxylic acids is 1. The first-order valence-corrected chi connectivity index (χ1v) is 3.14. The van der Waals surface area contributed by atoms with Gasteiger partial charge >= 0.3 is 5.69 Å². The molecule has 0 aliphatic rings. The molecule has 68 valence electrons. The van der Waals surface area contributed by atoms with Crippen molar-refractivity contribution in [2.45, 2.75) is 13.5 Å². The van der Waals surface area contributed by atoms with Gasteiger partial charge in [0.1, 0.15) is 6.54 Å². The van der Waals surface area contributed by atoms with Gasteiger partial charge in [0.25, 0.3) is 0 Å². The van der Waals surface area contributed by atoms with Crippen LogP contribution in [0.5, 0.6) is 0 Å². The van der Waals surface area contributed by atoms with Crippen molar-refractivity contribution < 1.29 is 4.79 Å². The van der Waals surface area contributed by atoms with Crippen LogP contribution in [0.4, 0.5) is 0 Å².